The van der Waals surface area contributed by atoms with Crippen LogP contribution in [0.25, 0.3) is 0 Å². The summed E-state index contributed by atoms with van der Waals surface area (Å²) in [5.41, 5.74) is 1.94. The normalized spacial score (nSPS) is 10.2. The SMILES string of the molecule is Cc1cc(C(=O)O)cc(NCc2ccc(Cl)cc2)n1. The number of hydrogen-bond acceptors (Lipinski definition) is 3. The van der Waals surface area contributed by atoms with E-state index in [-0.39, 0.29) is 5.56 Å². The summed E-state index contributed by atoms with van der Waals surface area (Å²) in [5.74, 6) is -0.410. The predicted molar refractivity (Wildman–Crippen MR) is 74.7 cm³/mol. The fourth-order valence-corrected chi connectivity index (χ4v) is 1.80. The predicted octanol–water partition coefficient (Wildman–Crippen LogP) is 3.35. The summed E-state index contributed by atoms with van der Waals surface area (Å²) in [6.07, 6.45) is 0. The number of nitrogens with one attached hydrogen (secondary N) is 1. The molecule has 4 nitrogen and oxygen atoms in total. The van der Waals surface area contributed by atoms with Crippen molar-refractivity contribution in [2.45, 2.75) is 13.5 Å². The van der Waals surface area contributed by atoms with Crippen molar-refractivity contribution >= 4 is 23.4 Å². The number of nitrogens with zero attached hydrogens (tertiary/aromatic N) is 1. The molecule has 2 N–H and O–H groups in total. The number of rotatable bonds is 4. The zero-order chi connectivity index (χ0) is 13.8. The molecule has 1 aromatic carbocycles. The van der Waals surface area contributed by atoms with Gasteiger partial charge in [-0.3, -0.25) is 0 Å². The lowest BCUT2D eigenvalue weighted by Gasteiger charge is -2.08. The van der Waals surface area contributed by atoms with Crippen molar-refractivity contribution < 1.29 is 9.90 Å². The zero-order valence-electron chi connectivity index (χ0n) is 10.4. The molecule has 0 aliphatic heterocycles. The second-order valence-electron chi connectivity index (χ2n) is 4.17. The third-order valence-corrected chi connectivity index (χ3v) is 2.84. The summed E-state index contributed by atoms with van der Waals surface area (Å²) in [6.45, 7) is 2.33. The number of benzene rings is 1. The van der Waals surface area contributed by atoms with E-state index < -0.39 is 5.97 Å². The van der Waals surface area contributed by atoms with Gasteiger partial charge in [0.05, 0.1) is 5.56 Å². The molecular formula is C14H13ClN2O2. The van der Waals surface area contributed by atoms with Crippen LogP contribution in [0.1, 0.15) is 21.6 Å². The quantitative estimate of drug-likeness (QED) is 0.899. The van der Waals surface area contributed by atoms with Crippen LogP contribution in [0.3, 0.4) is 0 Å². The Hall–Kier alpha value is -2.07. The van der Waals surface area contributed by atoms with Gasteiger partial charge in [-0.15, -0.1) is 0 Å². The lowest BCUT2D eigenvalue weighted by molar-refractivity contribution is 0.0696. The summed E-state index contributed by atoms with van der Waals surface area (Å²) in [4.78, 5) is 15.2. The number of carboxylic acid groups (broad SMARTS) is 1. The minimum Gasteiger partial charge on any atom is -0.478 e. The molecule has 2 rings (SSSR count). The Morgan fingerprint density at radius 2 is 2.00 bits per heavy atom. The molecule has 1 aromatic heterocycles. The fourth-order valence-electron chi connectivity index (χ4n) is 1.68. The van der Waals surface area contributed by atoms with Crippen molar-refractivity contribution in [2.75, 3.05) is 5.32 Å². The Kier molecular flexibility index (Phi) is 4.02. The van der Waals surface area contributed by atoms with Gasteiger partial charge in [0.15, 0.2) is 0 Å². The Morgan fingerprint density at radius 3 is 2.63 bits per heavy atom. The maximum atomic E-state index is 10.9. The van der Waals surface area contributed by atoms with E-state index in [0.717, 1.165) is 5.56 Å². The second-order valence-corrected chi connectivity index (χ2v) is 4.60. The Bertz CT molecular complexity index is 597. The van der Waals surface area contributed by atoms with Crippen LogP contribution in [0.15, 0.2) is 36.4 Å². The number of carboxylic acids is 1. The molecule has 0 unspecified atom stereocenters. The van der Waals surface area contributed by atoms with Crippen LogP contribution in [0.4, 0.5) is 5.82 Å². The second kappa shape index (κ2) is 5.71. The molecule has 5 heteroatoms. The number of aromatic carboxylic acids is 1. The average molecular weight is 277 g/mol. The van der Waals surface area contributed by atoms with Crippen molar-refractivity contribution in [3.8, 4) is 0 Å². The summed E-state index contributed by atoms with van der Waals surface area (Å²) < 4.78 is 0. The standard InChI is InChI=1S/C14H13ClN2O2/c1-9-6-11(14(18)19)7-13(17-9)16-8-10-2-4-12(15)5-3-10/h2-7H,8H2,1H3,(H,16,17)(H,18,19). The van der Waals surface area contributed by atoms with Gasteiger partial charge >= 0.3 is 5.97 Å². The highest BCUT2D eigenvalue weighted by Gasteiger charge is 2.06. The van der Waals surface area contributed by atoms with E-state index in [1.54, 1.807) is 6.92 Å². The number of halogens is 1. The highest BCUT2D eigenvalue weighted by molar-refractivity contribution is 6.30. The smallest absolute Gasteiger partial charge is 0.335 e. The van der Waals surface area contributed by atoms with Gasteiger partial charge in [0.1, 0.15) is 5.82 Å². The van der Waals surface area contributed by atoms with Gasteiger partial charge in [-0.1, -0.05) is 23.7 Å². The zero-order valence-corrected chi connectivity index (χ0v) is 11.1. The maximum Gasteiger partial charge on any atom is 0.335 e. The molecule has 0 atom stereocenters. The average Bonchev–Trinajstić information content (AvgIpc) is 2.37. The minimum atomic E-state index is -0.958. The monoisotopic (exact) mass is 276 g/mol. The van der Waals surface area contributed by atoms with E-state index in [4.69, 9.17) is 16.7 Å². The molecule has 0 aliphatic carbocycles. The van der Waals surface area contributed by atoms with Crippen LogP contribution in [0, 0.1) is 6.92 Å². The molecule has 0 radical (unpaired) electrons. The van der Waals surface area contributed by atoms with Crippen LogP contribution >= 0.6 is 11.6 Å². The van der Waals surface area contributed by atoms with Gasteiger partial charge in [0.2, 0.25) is 0 Å². The third-order valence-electron chi connectivity index (χ3n) is 2.59. The summed E-state index contributed by atoms with van der Waals surface area (Å²) in [5, 5.41) is 12.8. The first-order chi connectivity index (χ1) is 9.04. The number of aromatic nitrogens is 1. The summed E-state index contributed by atoms with van der Waals surface area (Å²) >= 11 is 5.81. The van der Waals surface area contributed by atoms with Gasteiger partial charge < -0.3 is 10.4 Å². The lowest BCUT2D eigenvalue weighted by Crippen LogP contribution is -2.05. The number of carbonyl (C=O) groups is 1. The van der Waals surface area contributed by atoms with E-state index in [2.05, 4.69) is 10.3 Å². The number of aryl methyl sites for hydroxylation is 1. The molecule has 0 fully saturated rings. The van der Waals surface area contributed by atoms with Crippen LogP contribution in [0.2, 0.25) is 5.02 Å². The summed E-state index contributed by atoms with van der Waals surface area (Å²) in [7, 11) is 0. The van der Waals surface area contributed by atoms with E-state index in [9.17, 15) is 4.79 Å². The minimum absolute atomic E-state index is 0.228. The molecule has 98 valence electrons. The number of anilines is 1. The fraction of sp³-hybridized carbons (Fsp3) is 0.143. The van der Waals surface area contributed by atoms with Crippen molar-refractivity contribution in [2.24, 2.45) is 0 Å². The molecule has 0 spiro atoms. The van der Waals surface area contributed by atoms with E-state index in [0.29, 0.717) is 23.1 Å². The first kappa shape index (κ1) is 13.4. The largest absolute Gasteiger partial charge is 0.478 e. The molecule has 2 aromatic rings. The van der Waals surface area contributed by atoms with E-state index in [1.165, 1.54) is 12.1 Å². The first-order valence-corrected chi connectivity index (χ1v) is 6.13. The van der Waals surface area contributed by atoms with Crippen molar-refractivity contribution in [1.29, 1.82) is 0 Å². The van der Waals surface area contributed by atoms with E-state index >= 15 is 0 Å². The molecule has 0 saturated carbocycles. The molecule has 0 aliphatic rings. The summed E-state index contributed by atoms with van der Waals surface area (Å²) in [6, 6.07) is 10.5. The van der Waals surface area contributed by atoms with Crippen LogP contribution in [-0.4, -0.2) is 16.1 Å². The molecule has 19 heavy (non-hydrogen) atoms. The highest BCUT2D eigenvalue weighted by atomic mass is 35.5. The van der Waals surface area contributed by atoms with Crippen molar-refractivity contribution in [1.82, 2.24) is 4.98 Å². The van der Waals surface area contributed by atoms with Gasteiger partial charge in [-0.25, -0.2) is 9.78 Å². The molecule has 1 heterocycles. The Labute approximate surface area is 116 Å². The number of hydrogen-bond donors (Lipinski definition) is 2. The molecular weight excluding hydrogens is 264 g/mol. The maximum absolute atomic E-state index is 10.9. The van der Waals surface area contributed by atoms with Gasteiger partial charge in [0, 0.05) is 17.3 Å². The topological polar surface area (TPSA) is 62.2 Å². The molecule has 0 amide bonds. The lowest BCUT2D eigenvalue weighted by atomic mass is 10.2. The first-order valence-electron chi connectivity index (χ1n) is 5.75. The molecule has 0 saturated heterocycles. The van der Waals surface area contributed by atoms with Crippen LogP contribution in [-0.2, 0) is 6.54 Å². The molecule has 0 bridgehead atoms. The van der Waals surface area contributed by atoms with Gasteiger partial charge in [-0.2, -0.15) is 0 Å². The van der Waals surface area contributed by atoms with Crippen LogP contribution in [0.5, 0.6) is 0 Å². The van der Waals surface area contributed by atoms with Crippen LogP contribution < -0.4 is 5.32 Å². The third kappa shape index (κ3) is 3.69. The highest BCUT2D eigenvalue weighted by Crippen LogP contribution is 2.13. The Morgan fingerprint density at radius 1 is 1.32 bits per heavy atom. The Balaban J connectivity index is 2.11. The van der Waals surface area contributed by atoms with Gasteiger partial charge in [-0.05, 0) is 36.8 Å². The van der Waals surface area contributed by atoms with E-state index in [1.807, 2.05) is 24.3 Å². The van der Waals surface area contributed by atoms with Gasteiger partial charge in [0.25, 0.3) is 0 Å². The number of pyridine rings is 1. The van der Waals surface area contributed by atoms with Crippen molar-refractivity contribution in [3.05, 3.63) is 58.2 Å². The van der Waals surface area contributed by atoms with Crippen molar-refractivity contribution in [3.63, 3.8) is 0 Å².